The van der Waals surface area contributed by atoms with E-state index in [1.165, 1.54) is 6.08 Å². The molecule has 126 valence electrons. The molecule has 2 aromatic rings. The molecule has 1 aliphatic heterocycles. The summed E-state index contributed by atoms with van der Waals surface area (Å²) < 4.78 is 6.00. The van der Waals surface area contributed by atoms with Crippen LogP contribution in [0.2, 0.25) is 0 Å². The van der Waals surface area contributed by atoms with Crippen molar-refractivity contribution in [3.63, 3.8) is 0 Å². The van der Waals surface area contributed by atoms with Gasteiger partial charge >= 0.3 is 5.97 Å². The summed E-state index contributed by atoms with van der Waals surface area (Å²) in [6, 6.07) is 15.0. The molecule has 0 spiro atoms. The van der Waals surface area contributed by atoms with Crippen LogP contribution in [0.4, 0.5) is 11.4 Å². The van der Waals surface area contributed by atoms with E-state index in [0.717, 1.165) is 36.5 Å². The number of para-hydroxylation sites is 2. The minimum atomic E-state index is -1.24. The van der Waals surface area contributed by atoms with E-state index < -0.39 is 5.97 Å². The molecule has 0 bridgehead atoms. The van der Waals surface area contributed by atoms with E-state index in [-0.39, 0.29) is 5.57 Å². The van der Waals surface area contributed by atoms with E-state index in [2.05, 4.69) is 11.8 Å². The van der Waals surface area contributed by atoms with E-state index in [1.54, 1.807) is 18.2 Å². The summed E-state index contributed by atoms with van der Waals surface area (Å²) in [7, 11) is 0. The molecule has 0 amide bonds. The van der Waals surface area contributed by atoms with Gasteiger partial charge in [-0.3, -0.25) is 0 Å². The van der Waals surface area contributed by atoms with Gasteiger partial charge in [0, 0.05) is 6.54 Å². The molecular weight excluding hydrogens is 316 g/mol. The minimum Gasteiger partial charge on any atom is -0.477 e. The number of aliphatic carboxylic acids is 1. The summed E-state index contributed by atoms with van der Waals surface area (Å²) in [6.07, 6.45) is 3.48. The number of fused-ring (bicyclic) bond motifs is 2. The highest BCUT2D eigenvalue weighted by molar-refractivity contribution is 5.96. The number of nitriles is 1. The lowest BCUT2D eigenvalue weighted by molar-refractivity contribution is -0.132. The largest absolute Gasteiger partial charge is 0.477 e. The van der Waals surface area contributed by atoms with Gasteiger partial charge in [-0.1, -0.05) is 31.5 Å². The SMILES string of the molecule is CCCCN1c2ccccc2Oc2cc(/C=C(\C#N)C(=O)O)ccc21. The number of rotatable bonds is 5. The average Bonchev–Trinajstić information content (AvgIpc) is 2.62. The summed E-state index contributed by atoms with van der Waals surface area (Å²) in [5.41, 5.74) is 2.28. The van der Waals surface area contributed by atoms with Gasteiger partial charge in [0.25, 0.3) is 0 Å². The second-order valence-electron chi connectivity index (χ2n) is 5.78. The van der Waals surface area contributed by atoms with Crippen molar-refractivity contribution in [1.82, 2.24) is 0 Å². The lowest BCUT2D eigenvalue weighted by Gasteiger charge is -2.33. The fraction of sp³-hybridized carbons (Fsp3) is 0.200. The monoisotopic (exact) mass is 334 g/mol. The van der Waals surface area contributed by atoms with Gasteiger partial charge in [0.05, 0.1) is 11.4 Å². The van der Waals surface area contributed by atoms with E-state index in [1.807, 2.05) is 30.3 Å². The van der Waals surface area contributed by atoms with Crippen LogP contribution in [0.1, 0.15) is 25.3 Å². The topological polar surface area (TPSA) is 73.6 Å². The predicted octanol–water partition coefficient (Wildman–Crippen LogP) is 4.72. The van der Waals surface area contributed by atoms with Crippen molar-refractivity contribution in [3.8, 4) is 17.6 Å². The van der Waals surface area contributed by atoms with Gasteiger partial charge in [-0.2, -0.15) is 5.26 Å². The molecule has 3 rings (SSSR count). The van der Waals surface area contributed by atoms with E-state index in [4.69, 9.17) is 15.1 Å². The van der Waals surface area contributed by atoms with Gasteiger partial charge in [-0.05, 0) is 42.3 Å². The number of unbranched alkanes of at least 4 members (excludes halogenated alkanes) is 1. The summed E-state index contributed by atoms with van der Waals surface area (Å²) in [4.78, 5) is 13.2. The fourth-order valence-corrected chi connectivity index (χ4v) is 2.81. The lowest BCUT2D eigenvalue weighted by atomic mass is 10.1. The number of carbonyl (C=O) groups is 1. The Kier molecular flexibility index (Phi) is 4.71. The number of benzene rings is 2. The zero-order chi connectivity index (χ0) is 17.8. The Bertz CT molecular complexity index is 881. The number of carboxylic acid groups (broad SMARTS) is 1. The van der Waals surface area contributed by atoms with Crippen molar-refractivity contribution < 1.29 is 14.6 Å². The molecule has 0 saturated heterocycles. The highest BCUT2D eigenvalue weighted by atomic mass is 16.5. The van der Waals surface area contributed by atoms with Crippen LogP contribution in [-0.4, -0.2) is 17.6 Å². The first kappa shape index (κ1) is 16.6. The Morgan fingerprint density at radius 3 is 2.72 bits per heavy atom. The van der Waals surface area contributed by atoms with Gasteiger partial charge in [0.1, 0.15) is 11.6 Å². The van der Waals surface area contributed by atoms with Crippen LogP contribution in [0.3, 0.4) is 0 Å². The standard InChI is InChI=1S/C20H18N2O3/c1-2-3-10-22-16-6-4-5-7-18(16)25-19-12-14(8-9-17(19)22)11-15(13-21)20(23)24/h4-9,11-12H,2-3,10H2,1H3,(H,23,24)/b15-11+. The maximum atomic E-state index is 11.0. The van der Waals surface area contributed by atoms with E-state index >= 15 is 0 Å². The Balaban J connectivity index is 2.03. The third kappa shape index (κ3) is 3.33. The Hall–Kier alpha value is -3.26. The van der Waals surface area contributed by atoms with Crippen molar-refractivity contribution in [2.45, 2.75) is 19.8 Å². The van der Waals surface area contributed by atoms with Crippen LogP contribution in [0.25, 0.3) is 6.08 Å². The van der Waals surface area contributed by atoms with Crippen LogP contribution in [0, 0.1) is 11.3 Å². The Labute approximate surface area is 146 Å². The number of hydrogen-bond acceptors (Lipinski definition) is 4. The van der Waals surface area contributed by atoms with Crippen LogP contribution in [0.5, 0.6) is 11.5 Å². The molecule has 0 saturated carbocycles. The quantitative estimate of drug-likeness (QED) is 0.632. The molecule has 1 N–H and O–H groups in total. The first-order valence-corrected chi connectivity index (χ1v) is 8.17. The average molecular weight is 334 g/mol. The van der Waals surface area contributed by atoms with Crippen molar-refractivity contribution in [2.75, 3.05) is 11.4 Å². The molecule has 0 fully saturated rings. The molecule has 25 heavy (non-hydrogen) atoms. The first-order valence-electron chi connectivity index (χ1n) is 8.17. The summed E-state index contributed by atoms with van der Waals surface area (Å²) in [6.45, 7) is 3.02. The van der Waals surface area contributed by atoms with Gasteiger partial charge in [-0.25, -0.2) is 4.79 Å². The van der Waals surface area contributed by atoms with Crippen molar-refractivity contribution >= 4 is 23.4 Å². The molecule has 1 aliphatic rings. The van der Waals surface area contributed by atoms with Gasteiger partial charge in [0.15, 0.2) is 11.5 Å². The number of carboxylic acids is 1. The zero-order valence-electron chi connectivity index (χ0n) is 13.9. The van der Waals surface area contributed by atoms with Crippen LogP contribution in [-0.2, 0) is 4.79 Å². The highest BCUT2D eigenvalue weighted by Crippen LogP contribution is 2.46. The first-order chi connectivity index (χ1) is 12.1. The second-order valence-corrected chi connectivity index (χ2v) is 5.78. The van der Waals surface area contributed by atoms with Gasteiger partial charge < -0.3 is 14.7 Å². The molecular formula is C20H18N2O3. The maximum Gasteiger partial charge on any atom is 0.346 e. The third-order valence-corrected chi connectivity index (χ3v) is 4.05. The third-order valence-electron chi connectivity index (χ3n) is 4.05. The van der Waals surface area contributed by atoms with Crippen molar-refractivity contribution in [3.05, 3.63) is 53.6 Å². The Morgan fingerprint density at radius 1 is 1.24 bits per heavy atom. The maximum absolute atomic E-state index is 11.0. The fourth-order valence-electron chi connectivity index (χ4n) is 2.81. The number of hydrogen-bond donors (Lipinski definition) is 1. The van der Waals surface area contributed by atoms with Crippen LogP contribution in [0.15, 0.2) is 48.0 Å². The van der Waals surface area contributed by atoms with Crippen molar-refractivity contribution in [1.29, 1.82) is 5.26 Å². The molecule has 5 heteroatoms. The molecule has 0 atom stereocenters. The molecule has 1 heterocycles. The Morgan fingerprint density at radius 2 is 2.00 bits per heavy atom. The lowest BCUT2D eigenvalue weighted by Crippen LogP contribution is -2.22. The normalized spacial score (nSPS) is 12.6. The summed E-state index contributed by atoms with van der Waals surface area (Å²) in [5.74, 6) is 0.188. The van der Waals surface area contributed by atoms with Crippen LogP contribution >= 0.6 is 0 Å². The molecule has 0 aliphatic carbocycles. The molecule has 2 aromatic carbocycles. The highest BCUT2D eigenvalue weighted by Gasteiger charge is 2.23. The van der Waals surface area contributed by atoms with E-state index in [9.17, 15) is 4.79 Å². The molecule has 5 nitrogen and oxygen atoms in total. The summed E-state index contributed by atoms with van der Waals surface area (Å²) >= 11 is 0. The summed E-state index contributed by atoms with van der Waals surface area (Å²) in [5, 5.41) is 17.9. The smallest absolute Gasteiger partial charge is 0.346 e. The van der Waals surface area contributed by atoms with Gasteiger partial charge in [-0.15, -0.1) is 0 Å². The molecule has 0 aromatic heterocycles. The zero-order valence-corrected chi connectivity index (χ0v) is 13.9. The second kappa shape index (κ2) is 7.10. The number of nitrogens with zero attached hydrogens (tertiary/aromatic N) is 2. The van der Waals surface area contributed by atoms with E-state index in [0.29, 0.717) is 11.3 Å². The molecule has 0 radical (unpaired) electrons. The number of anilines is 2. The van der Waals surface area contributed by atoms with Crippen molar-refractivity contribution in [2.24, 2.45) is 0 Å². The van der Waals surface area contributed by atoms with Crippen LogP contribution < -0.4 is 9.64 Å². The predicted molar refractivity (Wildman–Crippen MR) is 96.1 cm³/mol. The minimum absolute atomic E-state index is 0.306. The van der Waals surface area contributed by atoms with Gasteiger partial charge in [0.2, 0.25) is 0 Å². The number of ether oxygens (including phenoxy) is 1. The molecule has 0 unspecified atom stereocenters.